The molecule has 0 fully saturated rings. The summed E-state index contributed by atoms with van der Waals surface area (Å²) in [5.41, 5.74) is 1.62. The molecule has 1 N–H and O–H groups in total. The first kappa shape index (κ1) is 9.51. The van der Waals surface area contributed by atoms with Crippen LogP contribution in [0.4, 0.5) is 4.79 Å². The first-order chi connectivity index (χ1) is 7.16. The van der Waals surface area contributed by atoms with Gasteiger partial charge in [0, 0.05) is 14.1 Å². The summed E-state index contributed by atoms with van der Waals surface area (Å²) in [6.45, 7) is 0. The van der Waals surface area contributed by atoms with Crippen LogP contribution in [0.15, 0.2) is 24.3 Å². The molecule has 0 saturated heterocycles. The van der Waals surface area contributed by atoms with Gasteiger partial charge in [-0.1, -0.05) is 12.1 Å². The van der Waals surface area contributed by atoms with Crippen LogP contribution in [-0.4, -0.2) is 35.1 Å². The lowest BCUT2D eigenvalue weighted by molar-refractivity contribution is 0.168. The molecular weight excluding hydrogens is 194 g/mol. The molecule has 0 spiro atoms. The lowest BCUT2D eigenvalue weighted by atomic mass is 10.3. The highest BCUT2D eigenvalue weighted by Crippen LogP contribution is 2.15. The highest BCUT2D eigenvalue weighted by Gasteiger charge is 2.09. The van der Waals surface area contributed by atoms with E-state index in [4.69, 9.17) is 4.74 Å². The number of aromatic amines is 1. The maximum absolute atomic E-state index is 11.2. The zero-order valence-electron chi connectivity index (χ0n) is 8.52. The third kappa shape index (κ3) is 1.90. The number of imidazole rings is 1. The summed E-state index contributed by atoms with van der Waals surface area (Å²) in [6, 6.07) is 7.70. The van der Waals surface area contributed by atoms with E-state index in [9.17, 15) is 4.79 Å². The van der Waals surface area contributed by atoms with Crippen LogP contribution in [0.2, 0.25) is 0 Å². The Bertz CT molecular complexity index is 457. The first-order valence-corrected chi connectivity index (χ1v) is 4.50. The number of benzene rings is 1. The summed E-state index contributed by atoms with van der Waals surface area (Å²) >= 11 is 0. The second-order valence-corrected chi connectivity index (χ2v) is 3.32. The van der Waals surface area contributed by atoms with Crippen molar-refractivity contribution in [3.8, 4) is 6.01 Å². The molecular formula is C10H11N3O2. The van der Waals surface area contributed by atoms with Crippen molar-refractivity contribution in [2.24, 2.45) is 0 Å². The van der Waals surface area contributed by atoms with Crippen LogP contribution in [0.25, 0.3) is 11.0 Å². The van der Waals surface area contributed by atoms with Gasteiger partial charge in [-0.3, -0.25) is 0 Å². The van der Waals surface area contributed by atoms with E-state index in [2.05, 4.69) is 9.97 Å². The Morgan fingerprint density at radius 3 is 2.80 bits per heavy atom. The molecule has 1 aromatic heterocycles. The molecule has 2 rings (SSSR count). The van der Waals surface area contributed by atoms with Crippen molar-refractivity contribution in [2.45, 2.75) is 0 Å². The Labute approximate surface area is 86.7 Å². The van der Waals surface area contributed by atoms with Crippen molar-refractivity contribution in [2.75, 3.05) is 14.1 Å². The molecule has 0 radical (unpaired) electrons. The Balaban J connectivity index is 2.26. The summed E-state index contributed by atoms with van der Waals surface area (Å²) < 4.78 is 4.98. The minimum absolute atomic E-state index is 0.218. The number of nitrogens with zero attached hydrogens (tertiary/aromatic N) is 2. The van der Waals surface area contributed by atoms with Gasteiger partial charge in [0.05, 0.1) is 11.0 Å². The predicted molar refractivity (Wildman–Crippen MR) is 55.8 cm³/mol. The van der Waals surface area contributed by atoms with Gasteiger partial charge >= 0.3 is 12.1 Å². The second-order valence-electron chi connectivity index (χ2n) is 3.32. The number of para-hydroxylation sites is 2. The highest BCUT2D eigenvalue weighted by molar-refractivity contribution is 5.77. The van der Waals surface area contributed by atoms with Gasteiger partial charge in [-0.2, -0.15) is 4.98 Å². The van der Waals surface area contributed by atoms with E-state index >= 15 is 0 Å². The molecule has 1 amide bonds. The zero-order valence-corrected chi connectivity index (χ0v) is 8.52. The molecule has 1 aromatic carbocycles. The van der Waals surface area contributed by atoms with E-state index in [1.54, 1.807) is 14.1 Å². The standard InChI is InChI=1S/C10H11N3O2/c1-13(2)10(14)15-9-11-7-5-3-4-6-8(7)12-9/h3-6H,1-2H3,(H,11,12). The summed E-state index contributed by atoms with van der Waals surface area (Å²) in [6.07, 6.45) is -0.450. The second kappa shape index (κ2) is 3.61. The molecule has 5 nitrogen and oxygen atoms in total. The highest BCUT2D eigenvalue weighted by atomic mass is 16.6. The van der Waals surface area contributed by atoms with Crippen molar-refractivity contribution < 1.29 is 9.53 Å². The topological polar surface area (TPSA) is 58.2 Å². The number of aromatic nitrogens is 2. The van der Waals surface area contributed by atoms with Crippen LogP contribution in [0.5, 0.6) is 6.01 Å². The number of amides is 1. The number of hydrogen-bond acceptors (Lipinski definition) is 3. The van der Waals surface area contributed by atoms with Crippen LogP contribution in [0.3, 0.4) is 0 Å². The largest absolute Gasteiger partial charge is 0.417 e. The summed E-state index contributed by atoms with van der Waals surface area (Å²) in [5, 5.41) is 0. The number of nitrogens with one attached hydrogen (secondary N) is 1. The van der Waals surface area contributed by atoms with Gasteiger partial charge in [0.1, 0.15) is 0 Å². The number of hydrogen-bond donors (Lipinski definition) is 1. The van der Waals surface area contributed by atoms with E-state index < -0.39 is 6.09 Å². The van der Waals surface area contributed by atoms with Crippen molar-refractivity contribution in [3.63, 3.8) is 0 Å². The molecule has 5 heteroatoms. The third-order valence-corrected chi connectivity index (χ3v) is 1.92. The van der Waals surface area contributed by atoms with Crippen LogP contribution in [0, 0.1) is 0 Å². The third-order valence-electron chi connectivity index (χ3n) is 1.92. The Morgan fingerprint density at radius 2 is 2.13 bits per heavy atom. The first-order valence-electron chi connectivity index (χ1n) is 4.50. The molecule has 2 aromatic rings. The fourth-order valence-corrected chi connectivity index (χ4v) is 1.15. The smallest absolute Gasteiger partial charge is 0.375 e. The molecule has 0 aliphatic carbocycles. The molecule has 15 heavy (non-hydrogen) atoms. The fraction of sp³-hybridized carbons (Fsp3) is 0.200. The molecule has 0 unspecified atom stereocenters. The normalized spacial score (nSPS) is 10.3. The molecule has 1 heterocycles. The fourth-order valence-electron chi connectivity index (χ4n) is 1.15. The zero-order chi connectivity index (χ0) is 10.8. The van der Waals surface area contributed by atoms with Gasteiger partial charge < -0.3 is 14.6 Å². The maximum Gasteiger partial charge on any atom is 0.417 e. The van der Waals surface area contributed by atoms with Crippen molar-refractivity contribution >= 4 is 17.1 Å². The Morgan fingerprint density at radius 1 is 1.40 bits per heavy atom. The van der Waals surface area contributed by atoms with Gasteiger partial charge in [-0.25, -0.2) is 4.79 Å². The van der Waals surface area contributed by atoms with Crippen molar-refractivity contribution in [1.29, 1.82) is 0 Å². The minimum Gasteiger partial charge on any atom is -0.375 e. The van der Waals surface area contributed by atoms with Gasteiger partial charge in [-0.05, 0) is 12.1 Å². The molecule has 0 saturated carbocycles. The van der Waals surface area contributed by atoms with E-state index in [1.165, 1.54) is 4.90 Å². The van der Waals surface area contributed by atoms with Crippen LogP contribution < -0.4 is 4.74 Å². The molecule has 0 aliphatic rings. The van der Waals surface area contributed by atoms with Gasteiger partial charge in [0.25, 0.3) is 0 Å². The number of fused-ring (bicyclic) bond motifs is 1. The Hall–Kier alpha value is -2.04. The average molecular weight is 205 g/mol. The van der Waals surface area contributed by atoms with E-state index in [0.29, 0.717) is 0 Å². The lowest BCUT2D eigenvalue weighted by Gasteiger charge is -2.07. The quantitative estimate of drug-likeness (QED) is 0.769. The van der Waals surface area contributed by atoms with Gasteiger partial charge in [0.2, 0.25) is 0 Å². The number of H-pyrrole nitrogens is 1. The Kier molecular flexibility index (Phi) is 2.29. The van der Waals surface area contributed by atoms with Crippen LogP contribution in [0.1, 0.15) is 0 Å². The minimum atomic E-state index is -0.450. The van der Waals surface area contributed by atoms with E-state index in [0.717, 1.165) is 11.0 Å². The van der Waals surface area contributed by atoms with Gasteiger partial charge in [0.15, 0.2) is 0 Å². The molecule has 78 valence electrons. The average Bonchev–Trinajstić information content (AvgIpc) is 2.59. The van der Waals surface area contributed by atoms with E-state index in [-0.39, 0.29) is 6.01 Å². The van der Waals surface area contributed by atoms with E-state index in [1.807, 2.05) is 24.3 Å². The van der Waals surface area contributed by atoms with Crippen molar-refractivity contribution in [3.05, 3.63) is 24.3 Å². The molecule has 0 bridgehead atoms. The molecule has 0 atom stereocenters. The monoisotopic (exact) mass is 205 g/mol. The van der Waals surface area contributed by atoms with Crippen LogP contribution >= 0.6 is 0 Å². The number of rotatable bonds is 1. The number of carbonyl (C=O) groups is 1. The van der Waals surface area contributed by atoms with Crippen molar-refractivity contribution in [1.82, 2.24) is 14.9 Å². The maximum atomic E-state index is 11.2. The lowest BCUT2D eigenvalue weighted by Crippen LogP contribution is -2.25. The van der Waals surface area contributed by atoms with Crippen LogP contribution in [-0.2, 0) is 0 Å². The van der Waals surface area contributed by atoms with Gasteiger partial charge in [-0.15, -0.1) is 0 Å². The number of carbonyl (C=O) groups excluding carboxylic acids is 1. The summed E-state index contributed by atoms with van der Waals surface area (Å²) in [5.74, 6) is 0. The predicted octanol–water partition coefficient (Wildman–Crippen LogP) is 1.62. The SMILES string of the molecule is CN(C)C(=O)Oc1nc2ccccc2[nH]1. The molecule has 0 aliphatic heterocycles. The summed E-state index contributed by atoms with van der Waals surface area (Å²) in [4.78, 5) is 19.6. The number of ether oxygens (including phenoxy) is 1. The summed E-state index contributed by atoms with van der Waals surface area (Å²) in [7, 11) is 3.23.